The van der Waals surface area contributed by atoms with E-state index < -0.39 is 11.6 Å². The van der Waals surface area contributed by atoms with E-state index in [4.69, 9.17) is 5.73 Å². The van der Waals surface area contributed by atoms with Gasteiger partial charge in [0.15, 0.2) is 0 Å². The van der Waals surface area contributed by atoms with Gasteiger partial charge >= 0.3 is 0 Å². The Morgan fingerprint density at radius 2 is 1.80 bits per heavy atom. The molecule has 3 heterocycles. The molecule has 0 radical (unpaired) electrons. The molecule has 1 saturated heterocycles. The van der Waals surface area contributed by atoms with Crippen LogP contribution in [-0.2, 0) is 12.8 Å². The first kappa shape index (κ1) is 20.4. The van der Waals surface area contributed by atoms with Gasteiger partial charge < -0.3 is 10.6 Å². The number of benzene rings is 1. The topological polar surface area (TPSA) is 55.0 Å². The highest BCUT2D eigenvalue weighted by atomic mass is 19.1. The van der Waals surface area contributed by atoms with Gasteiger partial charge in [-0.25, -0.2) is 8.78 Å². The molecule has 0 unspecified atom stereocenters. The molecule has 4 rings (SSSR count). The fourth-order valence-electron chi connectivity index (χ4n) is 4.28. The SMILES string of the molecule is C[C@@H]1C[C@H](N)CN(c2ccncc2CCc2cccc(-c3c(F)cccc3F)n2)C1. The highest BCUT2D eigenvalue weighted by Crippen LogP contribution is 2.27. The van der Waals surface area contributed by atoms with Crippen molar-refractivity contribution in [3.8, 4) is 11.3 Å². The lowest BCUT2D eigenvalue weighted by Crippen LogP contribution is -2.46. The van der Waals surface area contributed by atoms with Crippen LogP contribution in [0.5, 0.6) is 0 Å². The quantitative estimate of drug-likeness (QED) is 0.681. The molecule has 0 amide bonds. The molecular weight excluding hydrogens is 382 g/mol. The normalized spacial score (nSPS) is 19.1. The molecule has 3 aromatic rings. The van der Waals surface area contributed by atoms with Crippen LogP contribution in [0.4, 0.5) is 14.5 Å². The number of anilines is 1. The third-order valence-corrected chi connectivity index (χ3v) is 5.59. The molecule has 2 N–H and O–H groups in total. The van der Waals surface area contributed by atoms with Crippen LogP contribution in [0.25, 0.3) is 11.3 Å². The monoisotopic (exact) mass is 408 g/mol. The summed E-state index contributed by atoms with van der Waals surface area (Å²) in [5.74, 6) is -0.668. The Morgan fingerprint density at radius 1 is 1.03 bits per heavy atom. The van der Waals surface area contributed by atoms with Crippen LogP contribution in [0.2, 0.25) is 0 Å². The molecule has 2 atom stereocenters. The summed E-state index contributed by atoms with van der Waals surface area (Å²) in [6, 6.07) is 11.4. The minimum absolute atomic E-state index is 0.0855. The number of nitrogens with two attached hydrogens (primary N) is 1. The van der Waals surface area contributed by atoms with Gasteiger partial charge in [-0.3, -0.25) is 9.97 Å². The zero-order valence-corrected chi connectivity index (χ0v) is 17.1. The van der Waals surface area contributed by atoms with Crippen LogP contribution < -0.4 is 10.6 Å². The lowest BCUT2D eigenvalue weighted by atomic mass is 9.95. The Labute approximate surface area is 175 Å². The van der Waals surface area contributed by atoms with E-state index in [2.05, 4.69) is 21.8 Å². The predicted molar refractivity (Wildman–Crippen MR) is 115 cm³/mol. The highest BCUT2D eigenvalue weighted by Gasteiger charge is 2.24. The van der Waals surface area contributed by atoms with Crippen LogP contribution in [0.15, 0.2) is 54.9 Å². The molecule has 0 spiro atoms. The summed E-state index contributed by atoms with van der Waals surface area (Å²) in [4.78, 5) is 11.2. The van der Waals surface area contributed by atoms with Crippen molar-refractivity contribution in [1.29, 1.82) is 0 Å². The standard InChI is InChI=1S/C24H26F2N4/c1-16-12-18(27)15-30(14-16)23-10-11-28-13-17(23)8-9-19-4-2-7-22(29-19)24-20(25)5-3-6-21(24)26/h2-7,10-11,13,16,18H,8-9,12,14-15,27H2,1H3/t16-,18+/m1/s1. The summed E-state index contributed by atoms with van der Waals surface area (Å²) in [6.07, 6.45) is 6.13. The molecule has 1 aliphatic heterocycles. The van der Waals surface area contributed by atoms with Gasteiger partial charge in [0.1, 0.15) is 11.6 Å². The van der Waals surface area contributed by atoms with Crippen LogP contribution in [0.3, 0.4) is 0 Å². The average Bonchev–Trinajstić information content (AvgIpc) is 2.72. The fraction of sp³-hybridized carbons (Fsp3) is 0.333. The largest absolute Gasteiger partial charge is 0.369 e. The van der Waals surface area contributed by atoms with E-state index in [1.165, 1.54) is 18.2 Å². The van der Waals surface area contributed by atoms with Crippen molar-refractivity contribution in [2.75, 3.05) is 18.0 Å². The zero-order chi connectivity index (χ0) is 21.1. The summed E-state index contributed by atoms with van der Waals surface area (Å²) in [5, 5.41) is 0. The van der Waals surface area contributed by atoms with Crippen LogP contribution in [0.1, 0.15) is 24.6 Å². The second kappa shape index (κ2) is 8.88. The van der Waals surface area contributed by atoms with Gasteiger partial charge in [0.25, 0.3) is 0 Å². The summed E-state index contributed by atoms with van der Waals surface area (Å²) in [5.41, 5.74) is 9.53. The Balaban J connectivity index is 1.54. The first-order valence-corrected chi connectivity index (χ1v) is 10.3. The summed E-state index contributed by atoms with van der Waals surface area (Å²) in [7, 11) is 0. The number of pyridine rings is 2. The minimum Gasteiger partial charge on any atom is -0.369 e. The molecule has 6 heteroatoms. The first-order chi connectivity index (χ1) is 14.5. The maximum atomic E-state index is 14.1. The maximum absolute atomic E-state index is 14.1. The molecule has 0 bridgehead atoms. The average molecular weight is 408 g/mol. The van der Waals surface area contributed by atoms with Gasteiger partial charge in [-0.05, 0) is 61.1 Å². The third-order valence-electron chi connectivity index (χ3n) is 5.59. The fourth-order valence-corrected chi connectivity index (χ4v) is 4.28. The van der Waals surface area contributed by atoms with Gasteiger partial charge in [-0.2, -0.15) is 0 Å². The van der Waals surface area contributed by atoms with Crippen molar-refractivity contribution in [2.24, 2.45) is 11.7 Å². The van der Waals surface area contributed by atoms with E-state index in [0.29, 0.717) is 18.0 Å². The third kappa shape index (κ3) is 4.49. The molecular formula is C24H26F2N4. The van der Waals surface area contributed by atoms with E-state index in [0.717, 1.165) is 42.9 Å². The lowest BCUT2D eigenvalue weighted by Gasteiger charge is -2.37. The number of piperidine rings is 1. The van der Waals surface area contributed by atoms with E-state index >= 15 is 0 Å². The zero-order valence-electron chi connectivity index (χ0n) is 17.1. The molecule has 0 saturated carbocycles. The van der Waals surface area contributed by atoms with Crippen molar-refractivity contribution in [1.82, 2.24) is 9.97 Å². The second-order valence-corrected chi connectivity index (χ2v) is 8.12. The van der Waals surface area contributed by atoms with Crippen molar-refractivity contribution in [3.05, 3.63) is 77.8 Å². The van der Waals surface area contributed by atoms with E-state index in [9.17, 15) is 8.78 Å². The highest BCUT2D eigenvalue weighted by molar-refractivity contribution is 5.61. The minimum atomic E-state index is -0.607. The van der Waals surface area contributed by atoms with Gasteiger partial charge in [0, 0.05) is 42.9 Å². The Morgan fingerprint density at radius 3 is 2.57 bits per heavy atom. The molecule has 1 fully saturated rings. The van der Waals surface area contributed by atoms with Crippen molar-refractivity contribution < 1.29 is 8.78 Å². The molecule has 1 aliphatic rings. The number of aromatic nitrogens is 2. The maximum Gasteiger partial charge on any atom is 0.135 e. The lowest BCUT2D eigenvalue weighted by molar-refractivity contribution is 0.401. The smallest absolute Gasteiger partial charge is 0.135 e. The van der Waals surface area contributed by atoms with Gasteiger partial charge in [-0.1, -0.05) is 19.1 Å². The van der Waals surface area contributed by atoms with Gasteiger partial charge in [0.2, 0.25) is 0 Å². The predicted octanol–water partition coefficient (Wildman–Crippen LogP) is 4.38. The molecule has 30 heavy (non-hydrogen) atoms. The number of aryl methyl sites for hydroxylation is 2. The van der Waals surface area contributed by atoms with Crippen LogP contribution in [-0.4, -0.2) is 29.1 Å². The number of hydrogen-bond donors (Lipinski definition) is 1. The first-order valence-electron chi connectivity index (χ1n) is 10.3. The van der Waals surface area contributed by atoms with Gasteiger partial charge in [-0.15, -0.1) is 0 Å². The van der Waals surface area contributed by atoms with Crippen LogP contribution >= 0.6 is 0 Å². The van der Waals surface area contributed by atoms with E-state index in [-0.39, 0.29) is 11.6 Å². The van der Waals surface area contributed by atoms with Gasteiger partial charge in [0.05, 0.1) is 11.3 Å². The summed E-state index contributed by atoms with van der Waals surface area (Å²) in [6.45, 7) is 4.04. The van der Waals surface area contributed by atoms with Crippen molar-refractivity contribution >= 4 is 5.69 Å². The molecule has 2 aromatic heterocycles. The summed E-state index contributed by atoms with van der Waals surface area (Å²) < 4.78 is 28.3. The van der Waals surface area contributed by atoms with Crippen molar-refractivity contribution in [3.63, 3.8) is 0 Å². The Hall–Kier alpha value is -2.86. The van der Waals surface area contributed by atoms with Crippen molar-refractivity contribution in [2.45, 2.75) is 32.2 Å². The molecule has 0 aliphatic carbocycles. The second-order valence-electron chi connectivity index (χ2n) is 8.12. The molecule has 4 nitrogen and oxygen atoms in total. The number of nitrogens with zero attached hydrogens (tertiary/aromatic N) is 3. The molecule has 156 valence electrons. The Kier molecular flexibility index (Phi) is 6.04. The Bertz CT molecular complexity index is 993. The van der Waals surface area contributed by atoms with E-state index in [1.807, 2.05) is 24.5 Å². The van der Waals surface area contributed by atoms with E-state index in [1.54, 1.807) is 12.1 Å². The van der Waals surface area contributed by atoms with Crippen LogP contribution in [0, 0.1) is 17.6 Å². The molecule has 1 aromatic carbocycles. The number of hydrogen-bond acceptors (Lipinski definition) is 4. The number of rotatable bonds is 5. The number of halogens is 2. The summed E-state index contributed by atoms with van der Waals surface area (Å²) >= 11 is 0.